The minimum atomic E-state index is -0.299. The van der Waals surface area contributed by atoms with Gasteiger partial charge in [0, 0.05) is 11.3 Å². The van der Waals surface area contributed by atoms with E-state index >= 15 is 0 Å². The van der Waals surface area contributed by atoms with E-state index in [9.17, 15) is 9.59 Å². The first-order chi connectivity index (χ1) is 15.5. The number of hydrogen-bond donors (Lipinski definition) is 2. The van der Waals surface area contributed by atoms with Gasteiger partial charge >= 0.3 is 0 Å². The zero-order valence-electron chi connectivity index (χ0n) is 17.3. The molecule has 0 heterocycles. The number of carbonyl (C=O) groups is 2. The van der Waals surface area contributed by atoms with E-state index in [0.29, 0.717) is 27.5 Å². The summed E-state index contributed by atoms with van der Waals surface area (Å²) in [4.78, 5) is 25.2. The van der Waals surface area contributed by atoms with E-state index in [0.717, 1.165) is 16.3 Å². The number of hydrazone groups is 1. The molecule has 6 heteroatoms. The van der Waals surface area contributed by atoms with Crippen LogP contribution in [0.3, 0.4) is 0 Å². The van der Waals surface area contributed by atoms with Crippen LogP contribution >= 0.6 is 11.6 Å². The Morgan fingerprint density at radius 3 is 2.31 bits per heavy atom. The molecule has 0 spiro atoms. The molecule has 0 atom stereocenters. The summed E-state index contributed by atoms with van der Waals surface area (Å²) in [5, 5.41) is 9.33. The lowest BCUT2D eigenvalue weighted by molar-refractivity contribution is 0.0955. The number of halogens is 1. The van der Waals surface area contributed by atoms with E-state index in [1.54, 1.807) is 49.4 Å². The van der Waals surface area contributed by atoms with Crippen LogP contribution in [0.25, 0.3) is 10.8 Å². The summed E-state index contributed by atoms with van der Waals surface area (Å²) in [5.74, 6) is -0.587. The average molecular weight is 442 g/mol. The van der Waals surface area contributed by atoms with Gasteiger partial charge in [0.2, 0.25) is 0 Å². The Labute approximate surface area is 190 Å². The van der Waals surface area contributed by atoms with Gasteiger partial charge in [0.05, 0.1) is 16.3 Å². The molecule has 0 bridgehead atoms. The Bertz CT molecular complexity index is 1340. The fraction of sp³-hybridized carbons (Fsp3) is 0.0385. The van der Waals surface area contributed by atoms with E-state index in [4.69, 9.17) is 11.6 Å². The van der Waals surface area contributed by atoms with Gasteiger partial charge in [-0.3, -0.25) is 9.59 Å². The fourth-order valence-corrected chi connectivity index (χ4v) is 3.57. The third-order valence-corrected chi connectivity index (χ3v) is 5.35. The SMILES string of the molecule is C/C(=N\NC(=O)c1cccc2ccccc12)c1cccc(NC(=O)c2ccccc2Cl)c1. The molecule has 2 N–H and O–H groups in total. The van der Waals surface area contributed by atoms with Crippen molar-refractivity contribution in [1.82, 2.24) is 5.43 Å². The molecule has 5 nitrogen and oxygen atoms in total. The van der Waals surface area contributed by atoms with Crippen LogP contribution in [0.1, 0.15) is 33.2 Å². The minimum absolute atomic E-state index is 0.288. The number of anilines is 1. The lowest BCUT2D eigenvalue weighted by atomic mass is 10.0. The van der Waals surface area contributed by atoms with E-state index in [1.807, 2.05) is 48.5 Å². The van der Waals surface area contributed by atoms with Crippen molar-refractivity contribution in [2.75, 3.05) is 5.32 Å². The summed E-state index contributed by atoms with van der Waals surface area (Å²) >= 11 is 6.10. The molecular weight excluding hydrogens is 422 g/mol. The Morgan fingerprint density at radius 1 is 0.781 bits per heavy atom. The van der Waals surface area contributed by atoms with Gasteiger partial charge in [0.25, 0.3) is 11.8 Å². The van der Waals surface area contributed by atoms with Gasteiger partial charge in [-0.1, -0.05) is 72.3 Å². The van der Waals surface area contributed by atoms with E-state index in [1.165, 1.54) is 0 Å². The zero-order chi connectivity index (χ0) is 22.5. The summed E-state index contributed by atoms with van der Waals surface area (Å²) in [5.41, 5.74) is 5.55. The van der Waals surface area contributed by atoms with Gasteiger partial charge in [0.15, 0.2) is 0 Å². The van der Waals surface area contributed by atoms with Crippen molar-refractivity contribution in [2.24, 2.45) is 5.10 Å². The van der Waals surface area contributed by atoms with Crippen molar-refractivity contribution >= 4 is 45.6 Å². The van der Waals surface area contributed by atoms with E-state index < -0.39 is 0 Å². The lowest BCUT2D eigenvalue weighted by Crippen LogP contribution is -2.19. The molecule has 0 aromatic heterocycles. The number of rotatable bonds is 5. The minimum Gasteiger partial charge on any atom is -0.322 e. The predicted molar refractivity (Wildman–Crippen MR) is 129 cm³/mol. The van der Waals surface area contributed by atoms with Crippen molar-refractivity contribution < 1.29 is 9.59 Å². The predicted octanol–water partition coefficient (Wildman–Crippen LogP) is 5.90. The maximum absolute atomic E-state index is 12.7. The first kappa shape index (κ1) is 21.3. The first-order valence-electron chi connectivity index (χ1n) is 10.0. The molecule has 2 amide bonds. The van der Waals surface area contributed by atoms with Gasteiger partial charge in [-0.25, -0.2) is 5.43 Å². The second kappa shape index (κ2) is 9.45. The Kier molecular flexibility index (Phi) is 6.29. The van der Waals surface area contributed by atoms with Crippen molar-refractivity contribution in [3.8, 4) is 0 Å². The highest BCUT2D eigenvalue weighted by Crippen LogP contribution is 2.19. The summed E-state index contributed by atoms with van der Waals surface area (Å²) in [6.07, 6.45) is 0. The standard InChI is InChI=1S/C26H20ClN3O2/c1-17(29-30-26(32)22-14-7-9-18-8-2-3-12-21(18)22)19-10-6-11-20(16-19)28-25(31)23-13-4-5-15-24(23)27/h2-16H,1H3,(H,28,31)(H,30,32)/b29-17+. The highest BCUT2D eigenvalue weighted by Gasteiger charge is 2.11. The van der Waals surface area contributed by atoms with Crippen LogP contribution in [0.5, 0.6) is 0 Å². The Hall–Kier alpha value is -3.96. The number of fused-ring (bicyclic) bond motifs is 1. The smallest absolute Gasteiger partial charge is 0.272 e. The van der Waals surface area contributed by atoms with Crippen LogP contribution in [0, 0.1) is 0 Å². The zero-order valence-corrected chi connectivity index (χ0v) is 18.1. The molecule has 0 aliphatic rings. The highest BCUT2D eigenvalue weighted by molar-refractivity contribution is 6.34. The number of carbonyl (C=O) groups excluding carboxylic acids is 2. The number of hydrogen-bond acceptors (Lipinski definition) is 3. The largest absolute Gasteiger partial charge is 0.322 e. The molecule has 0 aliphatic carbocycles. The topological polar surface area (TPSA) is 70.6 Å². The Morgan fingerprint density at radius 2 is 1.47 bits per heavy atom. The van der Waals surface area contributed by atoms with Crippen molar-refractivity contribution in [2.45, 2.75) is 6.92 Å². The normalized spacial score (nSPS) is 11.2. The molecule has 0 saturated heterocycles. The molecule has 0 unspecified atom stereocenters. The third kappa shape index (κ3) is 4.68. The van der Waals surface area contributed by atoms with Crippen LogP contribution < -0.4 is 10.7 Å². The lowest BCUT2D eigenvalue weighted by Gasteiger charge is -2.09. The van der Waals surface area contributed by atoms with E-state index in [-0.39, 0.29) is 11.8 Å². The monoisotopic (exact) mass is 441 g/mol. The first-order valence-corrected chi connectivity index (χ1v) is 10.4. The summed E-state index contributed by atoms with van der Waals surface area (Å²) < 4.78 is 0. The molecule has 4 aromatic carbocycles. The second-order valence-corrected chi connectivity index (χ2v) is 7.59. The number of amides is 2. The molecule has 4 rings (SSSR count). The van der Waals surface area contributed by atoms with Crippen molar-refractivity contribution in [3.05, 3.63) is 113 Å². The summed E-state index contributed by atoms with van der Waals surface area (Å²) in [6, 6.07) is 27.4. The van der Waals surface area contributed by atoms with Crippen LogP contribution in [0.15, 0.2) is 96.1 Å². The average Bonchev–Trinajstić information content (AvgIpc) is 2.82. The van der Waals surface area contributed by atoms with Crippen LogP contribution in [-0.2, 0) is 0 Å². The van der Waals surface area contributed by atoms with Crippen LogP contribution in [-0.4, -0.2) is 17.5 Å². The van der Waals surface area contributed by atoms with Gasteiger partial charge in [0.1, 0.15) is 0 Å². The fourth-order valence-electron chi connectivity index (χ4n) is 3.35. The molecule has 32 heavy (non-hydrogen) atoms. The van der Waals surface area contributed by atoms with Crippen molar-refractivity contribution in [1.29, 1.82) is 0 Å². The van der Waals surface area contributed by atoms with Crippen LogP contribution in [0.2, 0.25) is 5.02 Å². The van der Waals surface area contributed by atoms with Crippen molar-refractivity contribution in [3.63, 3.8) is 0 Å². The molecule has 158 valence electrons. The maximum Gasteiger partial charge on any atom is 0.272 e. The van der Waals surface area contributed by atoms with Gasteiger partial charge in [-0.05, 0) is 53.6 Å². The van der Waals surface area contributed by atoms with E-state index in [2.05, 4.69) is 15.8 Å². The van der Waals surface area contributed by atoms with Gasteiger partial charge in [-0.2, -0.15) is 5.10 Å². The quantitative estimate of drug-likeness (QED) is 0.299. The molecule has 4 aromatic rings. The summed E-state index contributed by atoms with van der Waals surface area (Å²) in [7, 11) is 0. The molecule has 0 fully saturated rings. The molecule has 0 saturated carbocycles. The van der Waals surface area contributed by atoms with Crippen LogP contribution in [0.4, 0.5) is 5.69 Å². The summed E-state index contributed by atoms with van der Waals surface area (Å²) in [6.45, 7) is 1.79. The third-order valence-electron chi connectivity index (χ3n) is 5.02. The number of nitrogens with one attached hydrogen (secondary N) is 2. The van der Waals surface area contributed by atoms with Gasteiger partial charge < -0.3 is 5.32 Å². The second-order valence-electron chi connectivity index (χ2n) is 7.18. The Balaban J connectivity index is 1.50. The highest BCUT2D eigenvalue weighted by atomic mass is 35.5. The maximum atomic E-state index is 12.7. The molecular formula is C26H20ClN3O2. The number of nitrogens with zero attached hydrogens (tertiary/aromatic N) is 1. The molecule has 0 aliphatic heterocycles. The van der Waals surface area contributed by atoms with Gasteiger partial charge in [-0.15, -0.1) is 0 Å². The number of benzene rings is 4. The molecule has 0 radical (unpaired) electrons.